The lowest BCUT2D eigenvalue weighted by Crippen LogP contribution is -2.33. The minimum atomic E-state index is -1.08. The number of hydrogen-bond acceptors (Lipinski definition) is 8. The maximum absolute atomic E-state index is 11.1. The van der Waals surface area contributed by atoms with Crippen molar-refractivity contribution in [1.29, 1.82) is 0 Å². The first-order chi connectivity index (χ1) is 12.6. The summed E-state index contributed by atoms with van der Waals surface area (Å²) in [5, 5.41) is 18.7. The third-order valence-electron chi connectivity index (χ3n) is 3.83. The molecule has 0 aliphatic rings. The van der Waals surface area contributed by atoms with Crippen molar-refractivity contribution in [3.05, 3.63) is 35.4 Å². The molecule has 0 radical (unpaired) electrons. The lowest BCUT2D eigenvalue weighted by atomic mass is 10.1. The molecule has 0 aliphatic heterocycles. The van der Waals surface area contributed by atoms with Gasteiger partial charge in [-0.1, -0.05) is 17.4 Å². The maximum atomic E-state index is 11.1. The summed E-state index contributed by atoms with van der Waals surface area (Å²) in [7, 11) is 6.29. The molecule has 9 nitrogen and oxygen atoms in total. The van der Waals surface area contributed by atoms with Crippen LogP contribution in [0.5, 0.6) is 0 Å². The van der Waals surface area contributed by atoms with E-state index in [0.717, 1.165) is 16.3 Å². The van der Waals surface area contributed by atoms with Crippen molar-refractivity contribution >= 4 is 33.5 Å². The van der Waals surface area contributed by atoms with Crippen molar-refractivity contribution < 1.29 is 19.8 Å². The molecule has 1 aromatic rings. The topological polar surface area (TPSA) is 148 Å². The molecule has 0 saturated heterocycles. The first-order valence-electron chi connectivity index (χ1n) is 7.95. The fourth-order valence-corrected chi connectivity index (χ4v) is 4.38. The Morgan fingerprint density at radius 3 is 2.48 bits per heavy atom. The third kappa shape index (κ3) is 6.61. The number of allylic oxidation sites excluding steroid dienone is 1. The maximum Gasteiger partial charge on any atom is 0.320 e. The average Bonchev–Trinajstić information content (AvgIpc) is 2.96. The quantitative estimate of drug-likeness (QED) is 0.389. The van der Waals surface area contributed by atoms with Crippen molar-refractivity contribution in [3.8, 4) is 0 Å². The highest BCUT2D eigenvalue weighted by Crippen LogP contribution is 2.40. The van der Waals surface area contributed by atoms with Gasteiger partial charge in [-0.3, -0.25) is 9.59 Å². The van der Waals surface area contributed by atoms with Gasteiger partial charge < -0.3 is 31.1 Å². The molecule has 6 N–H and O–H groups in total. The van der Waals surface area contributed by atoms with E-state index in [1.54, 1.807) is 36.1 Å². The molecule has 0 aromatic carbocycles. The van der Waals surface area contributed by atoms with Crippen LogP contribution in [0, 0.1) is 0 Å². The SMILES string of the molecule is C=CN(C)/C(CC(N)C(=O)O)=C(\C)SSc1ncn(C)c1CC(N)C(=O)O. The van der Waals surface area contributed by atoms with Gasteiger partial charge in [-0.15, -0.1) is 0 Å². The summed E-state index contributed by atoms with van der Waals surface area (Å²) < 4.78 is 1.74. The van der Waals surface area contributed by atoms with Crippen molar-refractivity contribution in [3.63, 3.8) is 0 Å². The van der Waals surface area contributed by atoms with Crippen molar-refractivity contribution in [2.75, 3.05) is 7.05 Å². The van der Waals surface area contributed by atoms with E-state index in [1.165, 1.54) is 21.6 Å². The van der Waals surface area contributed by atoms with Crippen LogP contribution in [0.4, 0.5) is 0 Å². The Bertz CT molecular complexity index is 734. The molecule has 27 heavy (non-hydrogen) atoms. The number of carbonyl (C=O) groups is 2. The van der Waals surface area contributed by atoms with E-state index in [-0.39, 0.29) is 12.8 Å². The Kier molecular flexibility index (Phi) is 8.89. The summed E-state index contributed by atoms with van der Waals surface area (Å²) in [6, 6.07) is -2.04. The molecule has 0 spiro atoms. The number of carboxylic acid groups (broad SMARTS) is 2. The monoisotopic (exact) mass is 415 g/mol. The van der Waals surface area contributed by atoms with Crippen LogP contribution in [0.1, 0.15) is 19.0 Å². The highest BCUT2D eigenvalue weighted by atomic mass is 33.1. The fourth-order valence-electron chi connectivity index (χ4n) is 2.12. The Morgan fingerprint density at radius 2 is 1.96 bits per heavy atom. The molecule has 2 unspecified atom stereocenters. The number of nitrogens with two attached hydrogens (primary N) is 2. The van der Waals surface area contributed by atoms with E-state index in [2.05, 4.69) is 11.6 Å². The van der Waals surface area contributed by atoms with Crippen molar-refractivity contribution in [2.45, 2.75) is 36.9 Å². The van der Waals surface area contributed by atoms with Gasteiger partial charge in [0.2, 0.25) is 0 Å². The summed E-state index contributed by atoms with van der Waals surface area (Å²) >= 11 is 0. The molecule has 11 heteroatoms. The molecule has 1 heterocycles. The van der Waals surface area contributed by atoms with Crippen molar-refractivity contribution in [1.82, 2.24) is 14.5 Å². The summed E-state index contributed by atoms with van der Waals surface area (Å²) in [5.41, 5.74) is 12.8. The molecule has 0 fully saturated rings. The van der Waals surface area contributed by atoms with Crippen molar-refractivity contribution in [2.24, 2.45) is 18.5 Å². The number of imidazole rings is 1. The lowest BCUT2D eigenvalue weighted by molar-refractivity contribution is -0.139. The largest absolute Gasteiger partial charge is 0.480 e. The summed E-state index contributed by atoms with van der Waals surface area (Å²) in [6.07, 6.45) is 3.48. The van der Waals surface area contributed by atoms with E-state index in [4.69, 9.17) is 21.7 Å². The smallest absolute Gasteiger partial charge is 0.320 e. The van der Waals surface area contributed by atoms with Gasteiger partial charge in [-0.2, -0.15) is 0 Å². The first-order valence-corrected chi connectivity index (χ1v) is 10.1. The average molecular weight is 416 g/mol. The van der Waals surface area contributed by atoms with Gasteiger partial charge in [-0.05, 0) is 23.9 Å². The van der Waals surface area contributed by atoms with Gasteiger partial charge >= 0.3 is 11.9 Å². The van der Waals surface area contributed by atoms with Gasteiger partial charge in [0.25, 0.3) is 0 Å². The van der Waals surface area contributed by atoms with Gasteiger partial charge in [0.05, 0.1) is 12.0 Å². The van der Waals surface area contributed by atoms with Crippen LogP contribution in [0.3, 0.4) is 0 Å². The van der Waals surface area contributed by atoms with Crippen LogP contribution in [0.2, 0.25) is 0 Å². The third-order valence-corrected chi connectivity index (χ3v) is 6.37. The highest BCUT2D eigenvalue weighted by molar-refractivity contribution is 8.78. The van der Waals surface area contributed by atoms with Crippen LogP contribution in [-0.4, -0.2) is 55.7 Å². The zero-order valence-electron chi connectivity index (χ0n) is 15.5. The first kappa shape index (κ1) is 23.1. The Balaban J connectivity index is 2.99. The number of rotatable bonds is 11. The normalized spacial score (nSPS) is 14.3. The Hall–Kier alpha value is -1.95. The lowest BCUT2D eigenvalue weighted by Gasteiger charge is -2.22. The molecule has 0 saturated carbocycles. The molecule has 0 aliphatic carbocycles. The number of aliphatic carboxylic acids is 2. The highest BCUT2D eigenvalue weighted by Gasteiger charge is 2.21. The minimum absolute atomic E-state index is 0.149. The van der Waals surface area contributed by atoms with Crippen LogP contribution >= 0.6 is 21.6 Å². The van der Waals surface area contributed by atoms with E-state index in [0.29, 0.717) is 5.03 Å². The zero-order valence-corrected chi connectivity index (χ0v) is 17.1. The second kappa shape index (κ2) is 10.4. The second-order valence-corrected chi connectivity index (χ2v) is 8.20. The summed E-state index contributed by atoms with van der Waals surface area (Å²) in [5.74, 6) is -2.15. The van der Waals surface area contributed by atoms with E-state index in [9.17, 15) is 9.59 Å². The molecule has 0 amide bonds. The predicted octanol–water partition coefficient (Wildman–Crippen LogP) is 1.22. The van der Waals surface area contributed by atoms with E-state index >= 15 is 0 Å². The molecule has 1 rings (SSSR count). The van der Waals surface area contributed by atoms with Gasteiger partial charge in [0, 0.05) is 37.5 Å². The molecule has 2 atom stereocenters. The minimum Gasteiger partial charge on any atom is -0.480 e. The number of aryl methyl sites for hydroxylation is 1. The molecular formula is C16H25N5O4S2. The molecular weight excluding hydrogens is 390 g/mol. The fraction of sp³-hybridized carbons (Fsp3) is 0.438. The van der Waals surface area contributed by atoms with Gasteiger partial charge in [0.1, 0.15) is 17.1 Å². The van der Waals surface area contributed by atoms with Crippen LogP contribution < -0.4 is 11.5 Å². The van der Waals surface area contributed by atoms with E-state index < -0.39 is 24.0 Å². The summed E-state index contributed by atoms with van der Waals surface area (Å²) in [6.45, 7) is 5.56. The second-order valence-electron chi connectivity index (χ2n) is 5.87. The Morgan fingerprint density at radius 1 is 1.37 bits per heavy atom. The standard InChI is InChI=1S/C16H25N5O4S2/c1-5-20(3)12(6-10(17)15(22)23)9(2)26-27-14-13(21(4)8-19-14)7-11(18)16(24)25/h5,8,10-11H,1,6-7,17-18H2,2-4H3,(H,22,23)(H,24,25)/b12-9+. The molecule has 1 aromatic heterocycles. The van der Waals surface area contributed by atoms with Crippen LogP contribution in [0.25, 0.3) is 0 Å². The van der Waals surface area contributed by atoms with Crippen LogP contribution in [-0.2, 0) is 23.1 Å². The molecule has 0 bridgehead atoms. The Labute approximate surface area is 165 Å². The van der Waals surface area contributed by atoms with Crippen LogP contribution in [0.15, 0.2) is 34.7 Å². The number of aromatic nitrogens is 2. The number of nitrogens with zero attached hydrogens (tertiary/aromatic N) is 3. The number of carboxylic acids is 2. The summed E-state index contributed by atoms with van der Waals surface area (Å²) in [4.78, 5) is 29.0. The molecule has 150 valence electrons. The van der Waals surface area contributed by atoms with Gasteiger partial charge in [-0.25, -0.2) is 4.98 Å². The van der Waals surface area contributed by atoms with Gasteiger partial charge in [0.15, 0.2) is 0 Å². The zero-order chi connectivity index (χ0) is 20.7. The number of hydrogen-bond donors (Lipinski definition) is 4. The predicted molar refractivity (Wildman–Crippen MR) is 107 cm³/mol. The van der Waals surface area contributed by atoms with E-state index in [1.807, 2.05) is 6.92 Å².